The average molecular weight is 211 g/mol. The van der Waals surface area contributed by atoms with Crippen LogP contribution >= 0.6 is 11.8 Å². The first-order valence-electron chi connectivity index (χ1n) is 5.59. The molecular weight excluding hydrogens is 190 g/mol. The lowest BCUT2D eigenvalue weighted by Gasteiger charge is -2.16. The standard InChI is InChI=1S/C12H21NS/c1-3-4-7-11(13-2)10-14-12-8-5-6-9-12/h1,11-13H,4-10H2,2H3. The summed E-state index contributed by atoms with van der Waals surface area (Å²) >= 11 is 2.14. The smallest absolute Gasteiger partial charge is 0.0164 e. The summed E-state index contributed by atoms with van der Waals surface area (Å²) in [5, 5.41) is 4.27. The molecule has 1 aliphatic rings. The predicted molar refractivity (Wildman–Crippen MR) is 65.6 cm³/mol. The minimum absolute atomic E-state index is 0.608. The summed E-state index contributed by atoms with van der Waals surface area (Å²) in [6, 6.07) is 0.608. The third-order valence-corrected chi connectivity index (χ3v) is 4.42. The zero-order valence-corrected chi connectivity index (χ0v) is 9.91. The van der Waals surface area contributed by atoms with Gasteiger partial charge in [-0.3, -0.25) is 0 Å². The van der Waals surface area contributed by atoms with Gasteiger partial charge in [0.25, 0.3) is 0 Å². The molecule has 0 spiro atoms. The summed E-state index contributed by atoms with van der Waals surface area (Å²) in [4.78, 5) is 0. The summed E-state index contributed by atoms with van der Waals surface area (Å²) in [7, 11) is 2.04. The summed E-state index contributed by atoms with van der Waals surface area (Å²) < 4.78 is 0. The number of terminal acetylenes is 1. The van der Waals surface area contributed by atoms with E-state index in [-0.39, 0.29) is 0 Å². The lowest BCUT2D eigenvalue weighted by Crippen LogP contribution is -2.28. The molecule has 0 radical (unpaired) electrons. The Morgan fingerprint density at radius 1 is 1.50 bits per heavy atom. The van der Waals surface area contributed by atoms with Crippen LogP contribution in [0.4, 0.5) is 0 Å². The minimum Gasteiger partial charge on any atom is -0.316 e. The second-order valence-corrected chi connectivity index (χ2v) is 5.30. The summed E-state index contributed by atoms with van der Waals surface area (Å²) in [5.74, 6) is 3.94. The number of hydrogen-bond acceptors (Lipinski definition) is 2. The van der Waals surface area contributed by atoms with Crippen molar-refractivity contribution in [2.75, 3.05) is 12.8 Å². The highest BCUT2D eigenvalue weighted by Gasteiger charge is 2.16. The fraction of sp³-hybridized carbons (Fsp3) is 0.833. The summed E-state index contributed by atoms with van der Waals surface area (Å²) in [6.07, 6.45) is 13.0. The normalized spacial score (nSPS) is 19.4. The molecule has 1 nitrogen and oxygen atoms in total. The quantitative estimate of drug-likeness (QED) is 0.678. The molecular formula is C12H21NS. The Labute approximate surface area is 92.4 Å². The van der Waals surface area contributed by atoms with Crippen molar-refractivity contribution in [3.8, 4) is 12.3 Å². The van der Waals surface area contributed by atoms with Crippen molar-refractivity contribution in [2.45, 2.75) is 49.8 Å². The Balaban J connectivity index is 2.10. The molecule has 1 aliphatic carbocycles. The fourth-order valence-corrected chi connectivity index (χ4v) is 3.38. The van der Waals surface area contributed by atoms with Crippen LogP contribution in [0.2, 0.25) is 0 Å². The van der Waals surface area contributed by atoms with Gasteiger partial charge in [-0.1, -0.05) is 12.8 Å². The van der Waals surface area contributed by atoms with E-state index in [4.69, 9.17) is 6.42 Å². The first kappa shape index (κ1) is 11.9. The van der Waals surface area contributed by atoms with E-state index < -0.39 is 0 Å². The second kappa shape index (κ2) is 7.20. The Morgan fingerprint density at radius 2 is 2.21 bits per heavy atom. The number of hydrogen-bond donors (Lipinski definition) is 1. The third-order valence-electron chi connectivity index (χ3n) is 2.88. The molecule has 0 heterocycles. The third kappa shape index (κ3) is 4.39. The zero-order valence-electron chi connectivity index (χ0n) is 9.09. The lowest BCUT2D eigenvalue weighted by molar-refractivity contribution is 0.581. The molecule has 2 heteroatoms. The van der Waals surface area contributed by atoms with Crippen molar-refractivity contribution in [3.63, 3.8) is 0 Å². The highest BCUT2D eigenvalue weighted by Crippen LogP contribution is 2.29. The maximum Gasteiger partial charge on any atom is 0.0164 e. The predicted octanol–water partition coefficient (Wildman–Crippen LogP) is 2.66. The molecule has 14 heavy (non-hydrogen) atoms. The van der Waals surface area contributed by atoms with Gasteiger partial charge in [0.1, 0.15) is 0 Å². The first-order valence-corrected chi connectivity index (χ1v) is 6.64. The molecule has 0 aromatic rings. The molecule has 0 aliphatic heterocycles. The fourth-order valence-electron chi connectivity index (χ4n) is 1.88. The molecule has 1 unspecified atom stereocenters. The Bertz CT molecular complexity index is 179. The van der Waals surface area contributed by atoms with Crippen LogP contribution in [-0.4, -0.2) is 24.1 Å². The van der Waals surface area contributed by atoms with Crippen molar-refractivity contribution < 1.29 is 0 Å². The Morgan fingerprint density at radius 3 is 2.79 bits per heavy atom. The van der Waals surface area contributed by atoms with Gasteiger partial charge in [0.15, 0.2) is 0 Å². The minimum atomic E-state index is 0.608. The van der Waals surface area contributed by atoms with Gasteiger partial charge in [-0.25, -0.2) is 0 Å². The van der Waals surface area contributed by atoms with Crippen LogP contribution < -0.4 is 5.32 Å². The molecule has 0 aromatic carbocycles. The molecule has 0 amide bonds. The van der Waals surface area contributed by atoms with Gasteiger partial charge in [0.05, 0.1) is 0 Å². The highest BCUT2D eigenvalue weighted by molar-refractivity contribution is 7.99. The molecule has 0 aromatic heterocycles. The monoisotopic (exact) mass is 211 g/mol. The molecule has 0 saturated heterocycles. The number of thioether (sulfide) groups is 1. The van der Waals surface area contributed by atoms with E-state index in [2.05, 4.69) is 23.0 Å². The molecule has 1 saturated carbocycles. The SMILES string of the molecule is C#CCCC(CSC1CCCC1)NC. The first-order chi connectivity index (χ1) is 6.86. The van der Waals surface area contributed by atoms with Crippen LogP contribution in [0.5, 0.6) is 0 Å². The van der Waals surface area contributed by atoms with Crippen molar-refractivity contribution in [3.05, 3.63) is 0 Å². The van der Waals surface area contributed by atoms with Crippen LogP contribution in [0.25, 0.3) is 0 Å². The van der Waals surface area contributed by atoms with Gasteiger partial charge >= 0.3 is 0 Å². The lowest BCUT2D eigenvalue weighted by atomic mass is 10.2. The zero-order chi connectivity index (χ0) is 10.2. The van der Waals surface area contributed by atoms with Crippen molar-refractivity contribution in [2.24, 2.45) is 0 Å². The maximum atomic E-state index is 5.27. The molecule has 1 rings (SSSR count). The summed E-state index contributed by atoms with van der Waals surface area (Å²) in [5.41, 5.74) is 0. The van der Waals surface area contributed by atoms with Crippen LogP contribution in [0.1, 0.15) is 38.5 Å². The van der Waals surface area contributed by atoms with Crippen LogP contribution in [0, 0.1) is 12.3 Å². The molecule has 80 valence electrons. The van der Waals surface area contributed by atoms with E-state index in [9.17, 15) is 0 Å². The van der Waals surface area contributed by atoms with E-state index in [1.54, 1.807) is 0 Å². The molecule has 1 fully saturated rings. The largest absolute Gasteiger partial charge is 0.316 e. The van der Waals surface area contributed by atoms with Crippen molar-refractivity contribution in [1.29, 1.82) is 0 Å². The number of rotatable bonds is 6. The van der Waals surface area contributed by atoms with E-state index in [1.807, 2.05) is 7.05 Å². The molecule has 1 N–H and O–H groups in total. The maximum absolute atomic E-state index is 5.27. The van der Waals surface area contributed by atoms with Crippen LogP contribution in [-0.2, 0) is 0 Å². The van der Waals surface area contributed by atoms with Crippen LogP contribution in [0.15, 0.2) is 0 Å². The Kier molecular flexibility index (Phi) is 6.14. The van der Waals surface area contributed by atoms with E-state index >= 15 is 0 Å². The highest BCUT2D eigenvalue weighted by atomic mass is 32.2. The van der Waals surface area contributed by atoms with Gasteiger partial charge < -0.3 is 5.32 Å². The van der Waals surface area contributed by atoms with E-state index in [0.29, 0.717) is 6.04 Å². The second-order valence-electron chi connectivity index (χ2n) is 3.97. The van der Waals surface area contributed by atoms with Crippen LogP contribution in [0.3, 0.4) is 0 Å². The Hall–Kier alpha value is -0.130. The number of nitrogens with one attached hydrogen (secondary N) is 1. The summed E-state index contributed by atoms with van der Waals surface area (Å²) in [6.45, 7) is 0. The van der Waals surface area contributed by atoms with Gasteiger partial charge in [-0.15, -0.1) is 12.3 Å². The van der Waals surface area contributed by atoms with Gasteiger partial charge in [0, 0.05) is 23.5 Å². The van der Waals surface area contributed by atoms with E-state index in [0.717, 1.165) is 18.1 Å². The molecule has 0 bridgehead atoms. The topological polar surface area (TPSA) is 12.0 Å². The molecule has 1 atom stereocenters. The van der Waals surface area contributed by atoms with Gasteiger partial charge in [0.2, 0.25) is 0 Å². The van der Waals surface area contributed by atoms with Gasteiger partial charge in [-0.2, -0.15) is 11.8 Å². The van der Waals surface area contributed by atoms with Crippen molar-refractivity contribution >= 4 is 11.8 Å². The average Bonchev–Trinajstić information content (AvgIpc) is 2.71. The van der Waals surface area contributed by atoms with Gasteiger partial charge in [-0.05, 0) is 26.3 Å². The van der Waals surface area contributed by atoms with E-state index in [1.165, 1.54) is 31.4 Å². The van der Waals surface area contributed by atoms with Crippen molar-refractivity contribution in [1.82, 2.24) is 5.32 Å².